The second kappa shape index (κ2) is 6.80. The van der Waals surface area contributed by atoms with E-state index in [9.17, 15) is 4.79 Å². The van der Waals surface area contributed by atoms with Gasteiger partial charge in [0.2, 0.25) is 11.7 Å². The number of nitrogens with zero attached hydrogens (tertiary/aromatic N) is 3. The van der Waals surface area contributed by atoms with E-state index in [0.29, 0.717) is 11.7 Å². The Morgan fingerprint density at radius 1 is 1.16 bits per heavy atom. The molecule has 1 N–H and O–H groups in total. The second-order valence-corrected chi connectivity index (χ2v) is 5.91. The van der Waals surface area contributed by atoms with Gasteiger partial charge in [-0.3, -0.25) is 4.79 Å². The van der Waals surface area contributed by atoms with Crippen molar-refractivity contribution in [1.82, 2.24) is 15.5 Å². The molecule has 0 unspecified atom stereocenters. The van der Waals surface area contributed by atoms with Crippen molar-refractivity contribution in [2.45, 2.75) is 19.4 Å². The summed E-state index contributed by atoms with van der Waals surface area (Å²) >= 11 is 0. The average molecular weight is 338 g/mol. The second-order valence-electron chi connectivity index (χ2n) is 5.91. The molecule has 128 valence electrons. The predicted molar refractivity (Wildman–Crippen MR) is 91.1 cm³/mol. The van der Waals surface area contributed by atoms with Crippen molar-refractivity contribution in [3.63, 3.8) is 0 Å². The Morgan fingerprint density at radius 3 is 2.68 bits per heavy atom. The number of carbonyl (C=O) groups excluding carboxylic acids is 1. The smallest absolute Gasteiger partial charge is 0.287 e. The van der Waals surface area contributed by atoms with Gasteiger partial charge in [-0.05, 0) is 49.2 Å². The van der Waals surface area contributed by atoms with Crippen LogP contribution in [0.25, 0.3) is 11.4 Å². The number of furan rings is 1. The van der Waals surface area contributed by atoms with Crippen molar-refractivity contribution >= 4 is 11.6 Å². The van der Waals surface area contributed by atoms with Crippen molar-refractivity contribution < 1.29 is 13.7 Å². The first-order valence-electron chi connectivity index (χ1n) is 8.29. The van der Waals surface area contributed by atoms with Crippen LogP contribution in [0.4, 0.5) is 5.69 Å². The normalized spacial score (nSPS) is 14.0. The van der Waals surface area contributed by atoms with Crippen molar-refractivity contribution in [3.05, 3.63) is 54.3 Å². The van der Waals surface area contributed by atoms with Crippen molar-refractivity contribution in [2.24, 2.45) is 0 Å². The van der Waals surface area contributed by atoms with Gasteiger partial charge < -0.3 is 19.2 Å². The third-order valence-corrected chi connectivity index (χ3v) is 4.21. The molecule has 0 bridgehead atoms. The van der Waals surface area contributed by atoms with Crippen molar-refractivity contribution in [3.8, 4) is 11.4 Å². The Balaban J connectivity index is 1.39. The molecular weight excluding hydrogens is 320 g/mol. The lowest BCUT2D eigenvalue weighted by atomic mass is 10.2. The highest BCUT2D eigenvalue weighted by Gasteiger charge is 2.14. The third kappa shape index (κ3) is 3.40. The summed E-state index contributed by atoms with van der Waals surface area (Å²) in [7, 11) is 0. The zero-order chi connectivity index (χ0) is 17.1. The molecule has 3 heterocycles. The molecule has 0 atom stereocenters. The molecule has 25 heavy (non-hydrogen) atoms. The van der Waals surface area contributed by atoms with E-state index in [0.717, 1.165) is 18.7 Å². The molecule has 0 saturated carbocycles. The van der Waals surface area contributed by atoms with E-state index in [1.54, 1.807) is 12.1 Å². The Bertz CT molecular complexity index is 834. The van der Waals surface area contributed by atoms with Crippen LogP contribution >= 0.6 is 0 Å². The van der Waals surface area contributed by atoms with Crippen LogP contribution in [0.2, 0.25) is 0 Å². The number of nitrogens with one attached hydrogen (secondary N) is 1. The number of benzene rings is 1. The maximum atomic E-state index is 11.8. The molecule has 0 spiro atoms. The minimum absolute atomic E-state index is 0.151. The highest BCUT2D eigenvalue weighted by atomic mass is 16.5. The van der Waals surface area contributed by atoms with Gasteiger partial charge >= 0.3 is 0 Å². The van der Waals surface area contributed by atoms with Gasteiger partial charge in [-0.1, -0.05) is 5.16 Å². The summed E-state index contributed by atoms with van der Waals surface area (Å²) in [6.45, 7) is 2.38. The van der Waals surface area contributed by atoms with Crippen LogP contribution in [0.1, 0.15) is 29.3 Å². The summed E-state index contributed by atoms with van der Waals surface area (Å²) in [6, 6.07) is 11.4. The Labute approximate surface area is 144 Å². The zero-order valence-electron chi connectivity index (χ0n) is 13.6. The van der Waals surface area contributed by atoms with Crippen LogP contribution < -0.4 is 10.2 Å². The summed E-state index contributed by atoms with van der Waals surface area (Å²) < 4.78 is 10.2. The topological polar surface area (TPSA) is 84.4 Å². The summed E-state index contributed by atoms with van der Waals surface area (Å²) in [5.74, 6) is 0.783. The standard InChI is InChI=1S/C18H18N4O3/c23-18(15-4-3-11-24-15)19-12-16-20-17(21-25-16)13-5-7-14(8-6-13)22-9-1-2-10-22/h3-8,11H,1-2,9-10,12H2,(H,19,23). The molecule has 2 aromatic heterocycles. The molecule has 4 rings (SSSR count). The van der Waals surface area contributed by atoms with Crippen molar-refractivity contribution in [1.29, 1.82) is 0 Å². The lowest BCUT2D eigenvalue weighted by Crippen LogP contribution is -2.22. The van der Waals surface area contributed by atoms with Crippen LogP contribution in [-0.4, -0.2) is 29.1 Å². The van der Waals surface area contributed by atoms with E-state index in [1.807, 2.05) is 12.1 Å². The third-order valence-electron chi connectivity index (χ3n) is 4.21. The van der Waals surface area contributed by atoms with E-state index in [-0.39, 0.29) is 18.2 Å². The summed E-state index contributed by atoms with van der Waals surface area (Å²) in [6.07, 6.45) is 3.95. The summed E-state index contributed by atoms with van der Waals surface area (Å²) in [5, 5.41) is 6.66. The lowest BCUT2D eigenvalue weighted by molar-refractivity contribution is 0.0918. The number of amides is 1. The first kappa shape index (κ1) is 15.4. The molecular formula is C18H18N4O3. The Morgan fingerprint density at radius 2 is 1.96 bits per heavy atom. The van der Waals surface area contributed by atoms with Gasteiger partial charge in [-0.25, -0.2) is 0 Å². The van der Waals surface area contributed by atoms with Gasteiger partial charge in [0, 0.05) is 24.3 Å². The molecule has 1 fully saturated rings. The first-order valence-corrected chi connectivity index (χ1v) is 8.29. The molecule has 1 aliphatic rings. The monoisotopic (exact) mass is 338 g/mol. The van der Waals surface area contributed by atoms with Crippen LogP contribution in [0, 0.1) is 0 Å². The molecule has 1 amide bonds. The number of hydrogen-bond donors (Lipinski definition) is 1. The Kier molecular flexibility index (Phi) is 4.20. The van der Waals surface area contributed by atoms with Crippen LogP contribution in [0.5, 0.6) is 0 Å². The highest BCUT2D eigenvalue weighted by molar-refractivity contribution is 5.91. The fourth-order valence-corrected chi connectivity index (χ4v) is 2.89. The van der Waals surface area contributed by atoms with E-state index >= 15 is 0 Å². The minimum atomic E-state index is -0.320. The molecule has 1 aromatic carbocycles. The number of aromatic nitrogens is 2. The summed E-state index contributed by atoms with van der Waals surface area (Å²) in [4.78, 5) is 18.5. The van der Waals surface area contributed by atoms with Gasteiger partial charge in [0.05, 0.1) is 12.8 Å². The molecule has 1 saturated heterocycles. The van der Waals surface area contributed by atoms with Crippen molar-refractivity contribution in [2.75, 3.05) is 18.0 Å². The maximum absolute atomic E-state index is 11.8. The average Bonchev–Trinajstić information content (AvgIpc) is 3.42. The first-order chi connectivity index (χ1) is 12.3. The quantitative estimate of drug-likeness (QED) is 0.770. The maximum Gasteiger partial charge on any atom is 0.287 e. The zero-order valence-corrected chi connectivity index (χ0v) is 13.6. The predicted octanol–water partition coefficient (Wildman–Crippen LogP) is 2.86. The van der Waals surface area contributed by atoms with Gasteiger partial charge in [-0.15, -0.1) is 0 Å². The fourth-order valence-electron chi connectivity index (χ4n) is 2.89. The molecule has 3 aromatic rings. The lowest BCUT2D eigenvalue weighted by Gasteiger charge is -2.17. The Hall–Kier alpha value is -3.09. The molecule has 0 radical (unpaired) electrons. The van der Waals surface area contributed by atoms with Crippen LogP contribution in [0.15, 0.2) is 51.6 Å². The SMILES string of the molecule is O=C(NCc1nc(-c2ccc(N3CCCC3)cc2)no1)c1ccco1. The van der Waals surface area contributed by atoms with Gasteiger partial charge in [0.15, 0.2) is 5.76 Å². The molecule has 1 aliphatic heterocycles. The fraction of sp³-hybridized carbons (Fsp3) is 0.278. The number of carbonyl (C=O) groups is 1. The highest BCUT2D eigenvalue weighted by Crippen LogP contribution is 2.23. The van der Waals surface area contributed by atoms with Gasteiger partial charge in [0.25, 0.3) is 5.91 Å². The van der Waals surface area contributed by atoms with Gasteiger partial charge in [-0.2, -0.15) is 4.98 Å². The van der Waals surface area contributed by atoms with Crippen LogP contribution in [-0.2, 0) is 6.54 Å². The molecule has 7 nitrogen and oxygen atoms in total. The van der Waals surface area contributed by atoms with E-state index < -0.39 is 0 Å². The van der Waals surface area contributed by atoms with Crippen LogP contribution in [0.3, 0.4) is 0 Å². The summed E-state index contributed by atoms with van der Waals surface area (Å²) in [5.41, 5.74) is 2.10. The largest absolute Gasteiger partial charge is 0.459 e. The molecule has 7 heteroatoms. The number of hydrogen-bond acceptors (Lipinski definition) is 6. The molecule has 0 aliphatic carbocycles. The minimum Gasteiger partial charge on any atom is -0.459 e. The van der Waals surface area contributed by atoms with E-state index in [1.165, 1.54) is 24.8 Å². The van der Waals surface area contributed by atoms with Gasteiger partial charge in [0.1, 0.15) is 0 Å². The van der Waals surface area contributed by atoms with E-state index in [2.05, 4.69) is 32.5 Å². The number of anilines is 1. The van der Waals surface area contributed by atoms with E-state index in [4.69, 9.17) is 8.94 Å². The number of rotatable bonds is 5.